The minimum Gasteiger partial charge on any atom is -0.278 e. The van der Waals surface area contributed by atoms with Crippen LogP contribution in [0.5, 0.6) is 0 Å². The molecule has 29 heavy (non-hydrogen) atoms. The van der Waals surface area contributed by atoms with Gasteiger partial charge in [0.1, 0.15) is 0 Å². The van der Waals surface area contributed by atoms with Gasteiger partial charge >= 0.3 is 0 Å². The van der Waals surface area contributed by atoms with Gasteiger partial charge in [-0.15, -0.1) is 0 Å². The van der Waals surface area contributed by atoms with Crippen molar-refractivity contribution in [3.05, 3.63) is 29.3 Å². The number of sulfonamides is 1. The average molecular weight is 419 g/mol. The molecule has 1 aliphatic carbocycles. The molecule has 7 heteroatoms. The highest BCUT2D eigenvalue weighted by Crippen LogP contribution is 2.38. The number of hydrogen-bond donors (Lipinski definition) is 0. The molecule has 6 nitrogen and oxygen atoms in total. The molecule has 0 spiro atoms. The fourth-order valence-electron chi connectivity index (χ4n) is 5.01. The standard InChI is InChI=1S/C22H30N2O4S/c1-16-10-11-17(14-20(16)29(27,28)23-12-6-2-3-7-13-23)15-24-21(25)18-8-4-5-9-19(18)22(24)26/h10-11,14,18-19H,2-9,12-13,15H2,1H3/t18-,19-/m0/s1. The topological polar surface area (TPSA) is 74.8 Å². The van der Waals surface area contributed by atoms with Gasteiger partial charge in [0.25, 0.3) is 0 Å². The lowest BCUT2D eigenvalue weighted by Crippen LogP contribution is -2.33. The molecule has 1 saturated carbocycles. The first-order valence-electron chi connectivity index (χ1n) is 10.8. The Hall–Kier alpha value is -1.73. The summed E-state index contributed by atoms with van der Waals surface area (Å²) in [5.74, 6) is -0.529. The molecule has 3 fully saturated rings. The summed E-state index contributed by atoms with van der Waals surface area (Å²) in [6, 6.07) is 5.29. The lowest BCUT2D eigenvalue weighted by Gasteiger charge is -2.22. The predicted molar refractivity (Wildman–Crippen MR) is 109 cm³/mol. The minimum absolute atomic E-state index is 0.0859. The van der Waals surface area contributed by atoms with Crippen molar-refractivity contribution in [2.75, 3.05) is 13.1 Å². The molecule has 2 atom stereocenters. The first kappa shape index (κ1) is 20.5. The van der Waals surface area contributed by atoms with E-state index in [4.69, 9.17) is 0 Å². The summed E-state index contributed by atoms with van der Waals surface area (Å²) in [7, 11) is -3.58. The molecule has 1 aromatic rings. The number of benzene rings is 1. The molecule has 158 valence electrons. The maximum absolute atomic E-state index is 13.3. The zero-order valence-corrected chi connectivity index (χ0v) is 17.9. The molecule has 1 aromatic carbocycles. The van der Waals surface area contributed by atoms with Crippen molar-refractivity contribution in [2.24, 2.45) is 11.8 Å². The van der Waals surface area contributed by atoms with E-state index >= 15 is 0 Å². The Morgan fingerprint density at radius 1 is 0.897 bits per heavy atom. The van der Waals surface area contributed by atoms with Gasteiger partial charge in [-0.25, -0.2) is 8.42 Å². The second-order valence-corrected chi connectivity index (χ2v) is 10.6. The van der Waals surface area contributed by atoms with Crippen LogP contribution < -0.4 is 0 Å². The van der Waals surface area contributed by atoms with Gasteiger partial charge in [0, 0.05) is 13.1 Å². The number of imide groups is 1. The summed E-state index contributed by atoms with van der Waals surface area (Å²) in [6.07, 6.45) is 7.46. The maximum atomic E-state index is 13.3. The molecule has 3 aliphatic rings. The number of amides is 2. The van der Waals surface area contributed by atoms with Crippen LogP contribution in [0, 0.1) is 18.8 Å². The van der Waals surface area contributed by atoms with Gasteiger partial charge in [0.05, 0.1) is 23.3 Å². The normalized spacial score (nSPS) is 26.4. The Morgan fingerprint density at radius 3 is 2.07 bits per heavy atom. The summed E-state index contributed by atoms with van der Waals surface area (Å²) in [5, 5.41) is 0. The SMILES string of the molecule is Cc1ccc(CN2C(=O)[C@H]3CCCC[C@@H]3C2=O)cc1S(=O)(=O)N1CCCCCC1. The van der Waals surface area contributed by atoms with Crippen LogP contribution >= 0.6 is 0 Å². The quantitative estimate of drug-likeness (QED) is 0.704. The summed E-state index contributed by atoms with van der Waals surface area (Å²) >= 11 is 0. The maximum Gasteiger partial charge on any atom is 0.243 e. The first-order valence-corrected chi connectivity index (χ1v) is 12.3. The zero-order valence-electron chi connectivity index (χ0n) is 17.1. The summed E-state index contributed by atoms with van der Waals surface area (Å²) in [5.41, 5.74) is 1.40. The van der Waals surface area contributed by atoms with Crippen molar-refractivity contribution in [3.8, 4) is 0 Å². The number of rotatable bonds is 4. The van der Waals surface area contributed by atoms with E-state index in [-0.39, 0.29) is 30.2 Å². The van der Waals surface area contributed by atoms with Crippen LogP contribution in [0.25, 0.3) is 0 Å². The number of fused-ring (bicyclic) bond motifs is 1. The Bertz CT molecular complexity index is 879. The monoisotopic (exact) mass is 418 g/mol. The summed E-state index contributed by atoms with van der Waals surface area (Å²) in [4.78, 5) is 27.2. The van der Waals surface area contributed by atoms with Crippen molar-refractivity contribution < 1.29 is 18.0 Å². The molecule has 0 radical (unpaired) electrons. The van der Waals surface area contributed by atoms with Crippen LogP contribution in [0.2, 0.25) is 0 Å². The van der Waals surface area contributed by atoms with Crippen LogP contribution in [0.4, 0.5) is 0 Å². The van der Waals surface area contributed by atoms with Crippen LogP contribution in [-0.4, -0.2) is 42.5 Å². The molecular weight excluding hydrogens is 388 g/mol. The molecule has 4 rings (SSSR count). The van der Waals surface area contributed by atoms with E-state index < -0.39 is 10.0 Å². The third-order valence-corrected chi connectivity index (χ3v) is 8.75. The van der Waals surface area contributed by atoms with Crippen molar-refractivity contribution >= 4 is 21.8 Å². The van der Waals surface area contributed by atoms with Crippen LogP contribution in [-0.2, 0) is 26.2 Å². The highest BCUT2D eigenvalue weighted by molar-refractivity contribution is 7.89. The lowest BCUT2D eigenvalue weighted by molar-refractivity contribution is -0.140. The number of likely N-dealkylation sites (tertiary alicyclic amines) is 1. The predicted octanol–water partition coefficient (Wildman–Crippen LogP) is 3.23. The molecule has 2 aliphatic heterocycles. The number of nitrogens with zero attached hydrogens (tertiary/aromatic N) is 2. The number of hydrogen-bond acceptors (Lipinski definition) is 4. The van der Waals surface area contributed by atoms with Gasteiger partial charge in [-0.3, -0.25) is 14.5 Å². The van der Waals surface area contributed by atoms with Crippen molar-refractivity contribution in [3.63, 3.8) is 0 Å². The Morgan fingerprint density at radius 2 is 1.48 bits per heavy atom. The van der Waals surface area contributed by atoms with E-state index in [1.807, 2.05) is 6.07 Å². The number of carbonyl (C=O) groups excluding carboxylic acids is 2. The van der Waals surface area contributed by atoms with E-state index in [1.54, 1.807) is 23.4 Å². The molecule has 0 aromatic heterocycles. The van der Waals surface area contributed by atoms with Gasteiger partial charge in [-0.1, -0.05) is 37.8 Å². The van der Waals surface area contributed by atoms with Gasteiger partial charge in [-0.05, 0) is 49.8 Å². The van der Waals surface area contributed by atoms with E-state index in [2.05, 4.69) is 0 Å². The summed E-state index contributed by atoms with van der Waals surface area (Å²) < 4.78 is 28.1. The molecule has 2 amide bonds. The molecular formula is C22H30N2O4S. The first-order chi connectivity index (χ1) is 13.9. The van der Waals surface area contributed by atoms with E-state index in [0.29, 0.717) is 29.1 Å². The molecule has 0 bridgehead atoms. The number of carbonyl (C=O) groups is 2. The second kappa shape index (κ2) is 8.19. The second-order valence-electron chi connectivity index (χ2n) is 8.68. The van der Waals surface area contributed by atoms with Crippen LogP contribution in [0.3, 0.4) is 0 Å². The van der Waals surface area contributed by atoms with Crippen molar-refractivity contribution in [2.45, 2.75) is 69.7 Å². The smallest absolute Gasteiger partial charge is 0.243 e. The third kappa shape index (κ3) is 3.87. The highest BCUT2D eigenvalue weighted by atomic mass is 32.2. The fraction of sp³-hybridized carbons (Fsp3) is 0.636. The molecule has 2 heterocycles. The number of aryl methyl sites for hydroxylation is 1. The van der Waals surface area contributed by atoms with Gasteiger partial charge in [0.2, 0.25) is 21.8 Å². The fourth-order valence-corrected chi connectivity index (χ4v) is 6.80. The molecule has 2 saturated heterocycles. The summed E-state index contributed by atoms with van der Waals surface area (Å²) in [6.45, 7) is 3.07. The average Bonchev–Trinajstić information content (AvgIpc) is 2.92. The van der Waals surface area contributed by atoms with Gasteiger partial charge in [-0.2, -0.15) is 4.31 Å². The molecule has 0 N–H and O–H groups in total. The van der Waals surface area contributed by atoms with Crippen LogP contribution in [0.1, 0.15) is 62.5 Å². The Labute approximate surface area is 173 Å². The zero-order chi connectivity index (χ0) is 20.6. The minimum atomic E-state index is -3.58. The molecule has 0 unspecified atom stereocenters. The largest absolute Gasteiger partial charge is 0.278 e. The van der Waals surface area contributed by atoms with Gasteiger partial charge < -0.3 is 0 Å². The van der Waals surface area contributed by atoms with Gasteiger partial charge in [0.15, 0.2) is 0 Å². The van der Waals surface area contributed by atoms with Crippen molar-refractivity contribution in [1.82, 2.24) is 9.21 Å². The van der Waals surface area contributed by atoms with Crippen molar-refractivity contribution in [1.29, 1.82) is 0 Å². The third-order valence-electron chi connectivity index (χ3n) is 6.71. The van der Waals surface area contributed by atoms with E-state index in [9.17, 15) is 18.0 Å². The Kier molecular flexibility index (Phi) is 5.80. The van der Waals surface area contributed by atoms with E-state index in [0.717, 1.165) is 51.4 Å². The highest BCUT2D eigenvalue weighted by Gasteiger charge is 2.47. The van der Waals surface area contributed by atoms with E-state index in [1.165, 1.54) is 4.90 Å². The lowest BCUT2D eigenvalue weighted by atomic mass is 9.81. The Balaban J connectivity index is 1.59. The van der Waals surface area contributed by atoms with Crippen LogP contribution in [0.15, 0.2) is 23.1 Å².